The number of rotatable bonds is 12. The van der Waals surface area contributed by atoms with Gasteiger partial charge in [0.05, 0.1) is 24.6 Å². The number of aryl methyl sites for hydroxylation is 2. The third kappa shape index (κ3) is 7.28. The van der Waals surface area contributed by atoms with E-state index in [-0.39, 0.29) is 61.1 Å². The smallest absolute Gasteiger partial charge is 0.306 e. The van der Waals surface area contributed by atoms with Crippen LogP contribution in [0.5, 0.6) is 5.75 Å². The molecule has 188 valence electrons. The summed E-state index contributed by atoms with van der Waals surface area (Å²) in [5.41, 5.74) is 2.80. The molecule has 2 amide bonds. The lowest BCUT2D eigenvalue weighted by Crippen LogP contribution is -2.33. The van der Waals surface area contributed by atoms with Gasteiger partial charge < -0.3 is 9.47 Å². The molecule has 6 nitrogen and oxygen atoms in total. The van der Waals surface area contributed by atoms with Crippen molar-refractivity contribution < 1.29 is 28.2 Å². The van der Waals surface area contributed by atoms with Crippen LogP contribution in [0.25, 0.3) is 0 Å². The summed E-state index contributed by atoms with van der Waals surface area (Å²) in [6.45, 7) is 4.57. The van der Waals surface area contributed by atoms with Gasteiger partial charge in [-0.25, -0.2) is 4.39 Å². The number of carbonyl (C=O) groups excluding carboxylic acids is 3. The van der Waals surface area contributed by atoms with E-state index >= 15 is 0 Å². The third-order valence-electron chi connectivity index (χ3n) is 6.15. The third-order valence-corrected chi connectivity index (χ3v) is 6.45. The Kier molecular flexibility index (Phi) is 9.66. The van der Waals surface area contributed by atoms with Gasteiger partial charge in [-0.1, -0.05) is 36.7 Å². The molecular formula is C27H31ClFNO5. The Hall–Kier alpha value is -2.93. The molecule has 35 heavy (non-hydrogen) atoms. The molecule has 1 saturated heterocycles. The predicted molar refractivity (Wildman–Crippen MR) is 131 cm³/mol. The Morgan fingerprint density at radius 1 is 1.11 bits per heavy atom. The maximum Gasteiger partial charge on any atom is 0.306 e. The summed E-state index contributed by atoms with van der Waals surface area (Å²) in [4.78, 5) is 36.9. The number of nitrogens with zero attached hydrogens (tertiary/aromatic N) is 1. The van der Waals surface area contributed by atoms with Crippen molar-refractivity contribution in [2.45, 2.75) is 58.3 Å². The molecule has 2 aromatic carbocycles. The molecule has 1 heterocycles. The highest BCUT2D eigenvalue weighted by atomic mass is 35.5. The second-order valence-electron chi connectivity index (χ2n) is 8.50. The lowest BCUT2D eigenvalue weighted by molar-refractivity contribution is -0.143. The van der Waals surface area contributed by atoms with Gasteiger partial charge >= 0.3 is 5.97 Å². The highest BCUT2D eigenvalue weighted by Crippen LogP contribution is 2.30. The van der Waals surface area contributed by atoms with Crippen LogP contribution < -0.4 is 4.74 Å². The van der Waals surface area contributed by atoms with Crippen LogP contribution >= 0.6 is 11.6 Å². The molecule has 1 unspecified atom stereocenters. The van der Waals surface area contributed by atoms with Gasteiger partial charge in [-0.2, -0.15) is 0 Å². The molecule has 1 atom stereocenters. The summed E-state index contributed by atoms with van der Waals surface area (Å²) in [5.74, 6) is -0.619. The minimum atomic E-state index is -0.509. The van der Waals surface area contributed by atoms with Crippen molar-refractivity contribution in [2.24, 2.45) is 0 Å². The molecule has 3 rings (SSSR count). The van der Waals surface area contributed by atoms with Gasteiger partial charge in [0.15, 0.2) is 0 Å². The Morgan fingerprint density at radius 3 is 2.51 bits per heavy atom. The van der Waals surface area contributed by atoms with Crippen LogP contribution in [0.2, 0.25) is 5.02 Å². The van der Waals surface area contributed by atoms with Crippen molar-refractivity contribution in [2.75, 3.05) is 19.8 Å². The summed E-state index contributed by atoms with van der Waals surface area (Å²) in [6.07, 6.45) is 2.76. The van der Waals surface area contributed by atoms with Gasteiger partial charge in [-0.3, -0.25) is 19.3 Å². The van der Waals surface area contributed by atoms with Crippen molar-refractivity contribution in [3.05, 3.63) is 63.9 Å². The molecule has 1 aliphatic heterocycles. The Bertz CT molecular complexity index is 1060. The average molecular weight is 504 g/mol. The topological polar surface area (TPSA) is 72.9 Å². The van der Waals surface area contributed by atoms with Crippen molar-refractivity contribution in [1.29, 1.82) is 0 Å². The van der Waals surface area contributed by atoms with Crippen LogP contribution in [0.15, 0.2) is 36.4 Å². The number of amides is 2. The quantitative estimate of drug-likeness (QED) is 0.292. The normalized spacial score (nSPS) is 14.3. The number of hydrogen-bond acceptors (Lipinski definition) is 5. The van der Waals surface area contributed by atoms with E-state index in [1.54, 1.807) is 13.0 Å². The fraction of sp³-hybridized carbons (Fsp3) is 0.444. The maximum absolute atomic E-state index is 14.1. The summed E-state index contributed by atoms with van der Waals surface area (Å²) in [7, 11) is 0. The summed E-state index contributed by atoms with van der Waals surface area (Å²) < 4.78 is 25.1. The van der Waals surface area contributed by atoms with Gasteiger partial charge in [0.2, 0.25) is 11.8 Å². The SMILES string of the molecule is CCOC(=O)CC(CCc1ccc(OCCN2C(=O)CCC2=O)c(CC)c1)c1ccc(Cl)c(F)c1. The van der Waals surface area contributed by atoms with Crippen LogP contribution in [0, 0.1) is 5.82 Å². The molecular weight excluding hydrogens is 473 g/mol. The van der Waals surface area contributed by atoms with Crippen LogP contribution in [0.1, 0.15) is 62.1 Å². The van der Waals surface area contributed by atoms with Crippen molar-refractivity contribution in [3.63, 3.8) is 0 Å². The van der Waals surface area contributed by atoms with Crippen LogP contribution in [0.4, 0.5) is 4.39 Å². The summed E-state index contributed by atoms with van der Waals surface area (Å²) in [6, 6.07) is 10.6. The monoisotopic (exact) mass is 503 g/mol. The van der Waals surface area contributed by atoms with Gasteiger partial charge in [-0.15, -0.1) is 0 Å². The second-order valence-corrected chi connectivity index (χ2v) is 8.91. The number of carbonyl (C=O) groups is 3. The van der Waals surface area contributed by atoms with Gasteiger partial charge in [0.25, 0.3) is 0 Å². The van der Waals surface area contributed by atoms with Gasteiger partial charge in [-0.05, 0) is 67.0 Å². The number of likely N-dealkylation sites (tertiary alicyclic amines) is 1. The molecule has 0 spiro atoms. The minimum absolute atomic E-state index is 0.0466. The molecule has 1 fully saturated rings. The number of halogens is 2. The zero-order valence-electron chi connectivity index (χ0n) is 20.1. The molecule has 0 radical (unpaired) electrons. The van der Waals surface area contributed by atoms with E-state index in [4.69, 9.17) is 21.1 Å². The number of imide groups is 1. The first-order valence-electron chi connectivity index (χ1n) is 12.0. The van der Waals surface area contributed by atoms with E-state index in [0.29, 0.717) is 25.0 Å². The fourth-order valence-electron chi connectivity index (χ4n) is 4.24. The largest absolute Gasteiger partial charge is 0.491 e. The van der Waals surface area contributed by atoms with Crippen molar-refractivity contribution in [1.82, 2.24) is 4.90 Å². The number of benzene rings is 2. The van der Waals surface area contributed by atoms with Crippen molar-refractivity contribution in [3.8, 4) is 5.75 Å². The van der Waals surface area contributed by atoms with Crippen LogP contribution in [0.3, 0.4) is 0 Å². The van der Waals surface area contributed by atoms with Gasteiger partial charge in [0, 0.05) is 12.8 Å². The first kappa shape index (κ1) is 26.7. The van der Waals surface area contributed by atoms with E-state index in [1.165, 1.54) is 17.0 Å². The Morgan fingerprint density at radius 2 is 1.86 bits per heavy atom. The maximum atomic E-state index is 14.1. The Labute approximate surface area is 210 Å². The fourth-order valence-corrected chi connectivity index (χ4v) is 4.36. The zero-order chi connectivity index (χ0) is 25.4. The highest BCUT2D eigenvalue weighted by Gasteiger charge is 2.28. The number of esters is 1. The molecule has 0 N–H and O–H groups in total. The lowest BCUT2D eigenvalue weighted by atomic mass is 9.89. The second kappa shape index (κ2) is 12.7. The number of ether oxygens (including phenoxy) is 2. The standard InChI is InChI=1S/C27H31ClFNO5/c1-3-19-15-18(6-10-24(19)35-14-13-30-25(31)11-12-26(30)32)5-7-21(17-27(33)34-4-2)20-8-9-22(28)23(29)16-20/h6,8-10,15-16,21H,3-5,7,11-14,17H2,1-2H3. The molecule has 8 heteroatoms. The van der Waals surface area contributed by atoms with E-state index in [2.05, 4.69) is 6.07 Å². The van der Waals surface area contributed by atoms with E-state index < -0.39 is 5.82 Å². The molecule has 0 aliphatic carbocycles. The molecule has 2 aromatic rings. The summed E-state index contributed by atoms with van der Waals surface area (Å²) >= 11 is 5.83. The van der Waals surface area contributed by atoms with E-state index in [0.717, 1.165) is 23.3 Å². The van der Waals surface area contributed by atoms with Gasteiger partial charge in [0.1, 0.15) is 18.2 Å². The van der Waals surface area contributed by atoms with Crippen LogP contribution in [-0.4, -0.2) is 42.4 Å². The van der Waals surface area contributed by atoms with E-state index in [1.807, 2.05) is 19.1 Å². The van der Waals surface area contributed by atoms with Crippen molar-refractivity contribution >= 4 is 29.4 Å². The first-order chi connectivity index (χ1) is 16.8. The lowest BCUT2D eigenvalue weighted by Gasteiger charge is -2.18. The first-order valence-corrected chi connectivity index (χ1v) is 12.4. The highest BCUT2D eigenvalue weighted by molar-refractivity contribution is 6.30. The van der Waals surface area contributed by atoms with E-state index in [9.17, 15) is 18.8 Å². The zero-order valence-corrected chi connectivity index (χ0v) is 20.9. The molecule has 0 bridgehead atoms. The summed E-state index contributed by atoms with van der Waals surface area (Å²) in [5, 5.41) is 0.0466. The Balaban J connectivity index is 1.65. The molecule has 0 aromatic heterocycles. The molecule has 0 saturated carbocycles. The predicted octanol–water partition coefficient (Wildman–Crippen LogP) is 5.24. The van der Waals surface area contributed by atoms with Crippen LogP contribution in [-0.2, 0) is 32.0 Å². The average Bonchev–Trinajstić information content (AvgIpc) is 3.16. The molecule has 1 aliphatic rings. The minimum Gasteiger partial charge on any atom is -0.491 e. The number of hydrogen-bond donors (Lipinski definition) is 0.